The van der Waals surface area contributed by atoms with E-state index in [2.05, 4.69) is 25.3 Å². The Hall–Kier alpha value is -5.86. The Balaban J connectivity index is 1.48. The molecule has 2 amide bonds. The van der Waals surface area contributed by atoms with Crippen LogP contribution in [0.4, 0.5) is 0 Å². The van der Waals surface area contributed by atoms with Crippen molar-refractivity contribution in [2.45, 2.75) is 63.6 Å². The number of nitrogens with two attached hydrogens (primary N) is 1. The fourth-order valence-electron chi connectivity index (χ4n) is 5.14. The van der Waals surface area contributed by atoms with E-state index in [1.165, 1.54) is 6.92 Å². The zero-order valence-electron chi connectivity index (χ0n) is 29.3. The highest BCUT2D eigenvalue weighted by atomic mass is 32.2. The molecule has 0 spiro atoms. The smallest absolute Gasteiger partial charge is 0.332 e. The molecule has 278 valence electrons. The molecule has 2 atom stereocenters. The average molecular weight is 742 g/mol. The molecule has 0 saturated heterocycles. The van der Waals surface area contributed by atoms with Gasteiger partial charge in [-0.05, 0) is 41.5 Å². The summed E-state index contributed by atoms with van der Waals surface area (Å²) in [5.74, 6) is -2.87. The number of hydrogen-bond acceptors (Lipinski definition) is 9. The Morgan fingerprint density at radius 1 is 0.717 bits per heavy atom. The van der Waals surface area contributed by atoms with Crippen molar-refractivity contribution in [2.75, 3.05) is 0 Å². The van der Waals surface area contributed by atoms with E-state index in [1.807, 2.05) is 60.7 Å². The fourth-order valence-corrected chi connectivity index (χ4v) is 6.51. The lowest BCUT2D eigenvalue weighted by Gasteiger charge is -2.23. The van der Waals surface area contributed by atoms with Crippen LogP contribution >= 0.6 is 0 Å². The molecule has 14 heteroatoms. The van der Waals surface area contributed by atoms with Gasteiger partial charge in [0.05, 0.1) is 5.75 Å². The number of nitrogens with one attached hydrogen (secondary N) is 3. The third-order valence-corrected chi connectivity index (χ3v) is 9.26. The number of amides is 2. The van der Waals surface area contributed by atoms with E-state index in [4.69, 9.17) is 10.5 Å². The molecule has 0 aliphatic heterocycles. The number of nitrogens with zero attached hydrogens (tertiary/aromatic N) is 1. The number of ether oxygens (including phenoxy) is 1. The van der Waals surface area contributed by atoms with E-state index in [-0.39, 0.29) is 44.0 Å². The van der Waals surface area contributed by atoms with E-state index in [0.29, 0.717) is 23.1 Å². The van der Waals surface area contributed by atoms with Gasteiger partial charge < -0.3 is 25.9 Å². The van der Waals surface area contributed by atoms with Gasteiger partial charge in [-0.25, -0.2) is 17.9 Å². The number of amidine groups is 1. The van der Waals surface area contributed by atoms with Crippen LogP contribution in [0.25, 0.3) is 0 Å². The molecule has 0 aliphatic carbocycles. The monoisotopic (exact) mass is 741 g/mol. The summed E-state index contributed by atoms with van der Waals surface area (Å²) in [6, 6.07) is 31.2. The number of carbonyl (C=O) groups excluding carboxylic acids is 4. The number of carbonyl (C=O) groups is 4. The van der Waals surface area contributed by atoms with E-state index in [1.54, 1.807) is 54.6 Å². The molecule has 4 aromatic rings. The first kappa shape index (κ1) is 39.9. The lowest BCUT2D eigenvalue weighted by molar-refractivity contribution is -0.145. The largest absolute Gasteiger partial charge is 0.461 e. The number of rotatable bonds is 19. The van der Waals surface area contributed by atoms with Gasteiger partial charge in [0, 0.05) is 25.5 Å². The Morgan fingerprint density at radius 2 is 1.30 bits per heavy atom. The van der Waals surface area contributed by atoms with Crippen LogP contribution in [0.3, 0.4) is 0 Å². The van der Waals surface area contributed by atoms with Crippen molar-refractivity contribution < 1.29 is 37.2 Å². The summed E-state index contributed by atoms with van der Waals surface area (Å²) in [7, 11) is -3.99. The highest BCUT2D eigenvalue weighted by Crippen LogP contribution is 2.12. The summed E-state index contributed by atoms with van der Waals surface area (Å²) in [5, 5.41) is 9.03. The van der Waals surface area contributed by atoms with Gasteiger partial charge in [0.15, 0.2) is 5.84 Å². The molecular formula is C39H43N5O8S. The minimum atomic E-state index is -3.99. The Morgan fingerprint density at radius 3 is 1.91 bits per heavy atom. The van der Waals surface area contributed by atoms with Gasteiger partial charge in [0.25, 0.3) is 0 Å². The molecule has 13 nitrogen and oxygen atoms in total. The summed E-state index contributed by atoms with van der Waals surface area (Å²) in [5.41, 5.74) is 9.23. The lowest BCUT2D eigenvalue weighted by atomic mass is 10.0. The quantitative estimate of drug-likeness (QED) is 0.0365. The van der Waals surface area contributed by atoms with E-state index in [0.717, 1.165) is 11.1 Å². The SMILES string of the molecule is CC(=O)O/N=C(\N)c1ccc(CNC(=O)[C@H](CCC(=O)OCc2ccccc2)NC(=O)[C@@H](CCc2ccccc2)NS(=O)(=O)Cc2ccccc2)cc1. The lowest BCUT2D eigenvalue weighted by Crippen LogP contribution is -2.54. The predicted octanol–water partition coefficient (Wildman–Crippen LogP) is 3.62. The van der Waals surface area contributed by atoms with Crippen molar-refractivity contribution >= 4 is 39.6 Å². The number of aryl methyl sites for hydroxylation is 1. The molecule has 0 aromatic heterocycles. The Labute approximate surface area is 309 Å². The van der Waals surface area contributed by atoms with Crippen molar-refractivity contribution in [1.29, 1.82) is 0 Å². The number of hydrogen-bond donors (Lipinski definition) is 4. The summed E-state index contributed by atoms with van der Waals surface area (Å²) in [6.07, 6.45) is 0.166. The van der Waals surface area contributed by atoms with E-state index < -0.39 is 45.9 Å². The Bertz CT molecular complexity index is 1940. The van der Waals surface area contributed by atoms with Crippen molar-refractivity contribution in [3.05, 3.63) is 143 Å². The molecule has 53 heavy (non-hydrogen) atoms. The maximum Gasteiger partial charge on any atom is 0.332 e. The molecule has 0 bridgehead atoms. The summed E-state index contributed by atoms with van der Waals surface area (Å²) in [4.78, 5) is 55.8. The molecule has 0 unspecified atom stereocenters. The van der Waals surface area contributed by atoms with Crippen molar-refractivity contribution in [1.82, 2.24) is 15.4 Å². The first-order valence-electron chi connectivity index (χ1n) is 16.9. The molecule has 0 fully saturated rings. The van der Waals surface area contributed by atoms with Crippen LogP contribution < -0.4 is 21.1 Å². The van der Waals surface area contributed by atoms with Crippen LogP contribution in [0.5, 0.6) is 0 Å². The van der Waals surface area contributed by atoms with Gasteiger partial charge >= 0.3 is 11.9 Å². The molecular weight excluding hydrogens is 699 g/mol. The second-order valence-electron chi connectivity index (χ2n) is 12.2. The maximum atomic E-state index is 13.8. The van der Waals surface area contributed by atoms with E-state index >= 15 is 0 Å². The second kappa shape index (κ2) is 20.2. The first-order chi connectivity index (χ1) is 25.5. The molecule has 0 saturated carbocycles. The van der Waals surface area contributed by atoms with Crippen LogP contribution in [0, 0.1) is 0 Å². The van der Waals surface area contributed by atoms with E-state index in [9.17, 15) is 27.6 Å². The van der Waals surface area contributed by atoms with Crippen LogP contribution in [0.1, 0.15) is 54.0 Å². The number of esters is 1. The van der Waals surface area contributed by atoms with Crippen LogP contribution in [0.15, 0.2) is 120 Å². The zero-order chi connectivity index (χ0) is 38.1. The normalized spacial score (nSPS) is 12.6. The number of oxime groups is 1. The zero-order valence-corrected chi connectivity index (χ0v) is 30.1. The van der Waals surface area contributed by atoms with Crippen LogP contribution in [-0.2, 0) is 64.1 Å². The van der Waals surface area contributed by atoms with Gasteiger partial charge in [-0.15, -0.1) is 0 Å². The predicted molar refractivity (Wildman–Crippen MR) is 199 cm³/mol. The van der Waals surface area contributed by atoms with Crippen LogP contribution in [-0.4, -0.2) is 50.1 Å². The minimum Gasteiger partial charge on any atom is -0.461 e. The number of sulfonamides is 1. The topological polar surface area (TPSA) is 195 Å². The van der Waals surface area contributed by atoms with Gasteiger partial charge in [0.2, 0.25) is 21.8 Å². The number of benzene rings is 4. The fraction of sp³-hybridized carbons (Fsp3) is 0.256. The van der Waals surface area contributed by atoms with Crippen LogP contribution in [0.2, 0.25) is 0 Å². The molecule has 0 heterocycles. The summed E-state index contributed by atoms with van der Waals surface area (Å²) < 4.78 is 34.5. The molecule has 0 radical (unpaired) electrons. The summed E-state index contributed by atoms with van der Waals surface area (Å²) in [6.45, 7) is 1.28. The second-order valence-corrected chi connectivity index (χ2v) is 13.9. The molecule has 4 aromatic carbocycles. The molecule has 5 N–H and O–H groups in total. The Kier molecular flexibility index (Phi) is 15.3. The van der Waals surface area contributed by atoms with Gasteiger partial charge in [-0.2, -0.15) is 0 Å². The highest BCUT2D eigenvalue weighted by molar-refractivity contribution is 7.88. The first-order valence-corrected chi connectivity index (χ1v) is 18.6. The minimum absolute atomic E-state index is 0.0149. The standard InChI is InChI=1S/C39H43N5O8S/c1-28(45)52-43-37(40)33-20-17-30(18-21-33)25-41-38(47)34(23-24-36(46)51-26-31-13-7-3-8-14-31)42-39(48)35(22-19-29-11-5-2-6-12-29)44-53(49,50)27-32-15-9-4-10-16-32/h2-18,20-21,34-35,44H,19,22-27H2,1H3,(H2,40,43)(H,41,47)(H,42,48)/t34-,35+/m0/s1. The molecule has 0 aliphatic rings. The van der Waals surface area contributed by atoms with Crippen molar-refractivity contribution in [2.24, 2.45) is 10.9 Å². The van der Waals surface area contributed by atoms with Gasteiger partial charge in [-0.1, -0.05) is 120 Å². The average Bonchev–Trinajstić information content (AvgIpc) is 3.16. The maximum absolute atomic E-state index is 13.8. The highest BCUT2D eigenvalue weighted by Gasteiger charge is 2.29. The van der Waals surface area contributed by atoms with Gasteiger partial charge in [0.1, 0.15) is 18.7 Å². The van der Waals surface area contributed by atoms with Crippen molar-refractivity contribution in [3.8, 4) is 0 Å². The molecule has 4 rings (SSSR count). The van der Waals surface area contributed by atoms with Gasteiger partial charge in [-0.3, -0.25) is 14.4 Å². The third-order valence-electron chi connectivity index (χ3n) is 7.90. The van der Waals surface area contributed by atoms with Crippen molar-refractivity contribution in [3.63, 3.8) is 0 Å². The summed E-state index contributed by atoms with van der Waals surface area (Å²) >= 11 is 0. The third kappa shape index (κ3) is 14.4.